The van der Waals surface area contributed by atoms with Crippen LogP contribution in [0.4, 0.5) is 26.3 Å². The van der Waals surface area contributed by atoms with Gasteiger partial charge in [0.25, 0.3) is 0 Å². The fraction of sp³-hybridized carbons (Fsp3) is 0.125. The minimum atomic E-state index is -5.02. The van der Waals surface area contributed by atoms with Gasteiger partial charge in [-0.1, -0.05) is 30.2 Å². The van der Waals surface area contributed by atoms with Crippen LogP contribution in [0.25, 0.3) is 11.1 Å². The highest BCUT2D eigenvalue weighted by Crippen LogP contribution is 2.41. The molecule has 0 aliphatic carbocycles. The van der Waals surface area contributed by atoms with Crippen molar-refractivity contribution >= 4 is 30.1 Å². The van der Waals surface area contributed by atoms with Crippen molar-refractivity contribution in [2.24, 2.45) is 0 Å². The summed E-state index contributed by atoms with van der Waals surface area (Å²) in [5, 5.41) is 2.56. The second-order valence-corrected chi connectivity index (χ2v) is 6.29. The molecular formula is C16H7F6IOS. The summed E-state index contributed by atoms with van der Waals surface area (Å²) in [5.41, 5.74) is -1.71. The Balaban J connectivity index is 2.63. The molecule has 2 aromatic rings. The number of hydrogen-bond donors (Lipinski definition) is 0. The highest BCUT2D eigenvalue weighted by atomic mass is 127. The van der Waals surface area contributed by atoms with Crippen LogP contribution in [0.5, 0.6) is 5.75 Å². The number of rotatable bonds is 2. The molecule has 0 radical (unpaired) electrons. The standard InChI is InChI=1S/C16H7F6IOS/c17-15(18,19)13-9-10(7-8-25-23)5-6-11(13)12-3-1-2-4-14(12)24-16(20,21)22/h1-6,9H. The molecule has 0 aliphatic rings. The van der Waals surface area contributed by atoms with E-state index < -0.39 is 29.4 Å². The Morgan fingerprint density at radius 2 is 1.60 bits per heavy atom. The Morgan fingerprint density at radius 3 is 2.20 bits per heavy atom. The van der Waals surface area contributed by atoms with E-state index in [9.17, 15) is 26.3 Å². The van der Waals surface area contributed by atoms with Gasteiger partial charge in [-0.3, -0.25) is 0 Å². The third kappa shape index (κ3) is 5.47. The van der Waals surface area contributed by atoms with Gasteiger partial charge in [-0.25, -0.2) is 0 Å². The summed E-state index contributed by atoms with van der Waals surface area (Å²) < 4.78 is 81.5. The lowest BCUT2D eigenvalue weighted by molar-refractivity contribution is -0.274. The fourth-order valence-electron chi connectivity index (χ4n) is 2.07. The van der Waals surface area contributed by atoms with Gasteiger partial charge in [0.1, 0.15) is 5.75 Å². The molecule has 0 spiro atoms. The second-order valence-electron chi connectivity index (χ2n) is 4.61. The molecule has 2 rings (SSSR count). The van der Waals surface area contributed by atoms with Gasteiger partial charge in [0, 0.05) is 32.3 Å². The van der Waals surface area contributed by atoms with E-state index in [2.05, 4.69) is 15.9 Å². The van der Waals surface area contributed by atoms with Crippen LogP contribution in [0.1, 0.15) is 11.1 Å². The molecular weight excluding hydrogens is 481 g/mol. The maximum atomic E-state index is 13.4. The minimum absolute atomic E-state index is 0.106. The van der Waals surface area contributed by atoms with E-state index in [1.807, 2.05) is 21.2 Å². The van der Waals surface area contributed by atoms with Crippen LogP contribution in [0, 0.1) is 11.2 Å². The smallest absolute Gasteiger partial charge is 0.405 e. The largest absolute Gasteiger partial charge is 0.573 e. The summed E-state index contributed by atoms with van der Waals surface area (Å²) >= 11 is 1.87. The lowest BCUT2D eigenvalue weighted by atomic mass is 9.96. The summed E-state index contributed by atoms with van der Waals surface area (Å²) in [6.07, 6.45) is -9.78. The second kappa shape index (κ2) is 7.78. The number of ether oxygens (including phenoxy) is 1. The van der Waals surface area contributed by atoms with Crippen LogP contribution in [-0.2, 0) is 6.18 Å². The SMILES string of the molecule is FC(F)(F)Oc1ccccc1-c1ccc(C#CSI)cc1C(F)(F)F. The molecule has 0 saturated heterocycles. The highest BCUT2D eigenvalue weighted by Gasteiger charge is 2.36. The van der Waals surface area contributed by atoms with Crippen molar-refractivity contribution in [1.29, 1.82) is 0 Å². The predicted molar refractivity (Wildman–Crippen MR) is 92.1 cm³/mol. The molecule has 0 aromatic heterocycles. The predicted octanol–water partition coefficient (Wildman–Crippen LogP) is 6.66. The van der Waals surface area contributed by atoms with E-state index in [1.165, 1.54) is 18.2 Å². The minimum Gasteiger partial charge on any atom is -0.405 e. The zero-order chi connectivity index (χ0) is 18.7. The van der Waals surface area contributed by atoms with Crippen LogP contribution in [-0.4, -0.2) is 6.36 Å². The van der Waals surface area contributed by atoms with Gasteiger partial charge in [-0.2, -0.15) is 13.2 Å². The summed E-state index contributed by atoms with van der Waals surface area (Å²) in [6.45, 7) is 0. The lowest BCUT2D eigenvalue weighted by Gasteiger charge is -2.17. The number of alkyl halides is 6. The van der Waals surface area contributed by atoms with Crippen molar-refractivity contribution < 1.29 is 31.1 Å². The van der Waals surface area contributed by atoms with Crippen molar-refractivity contribution in [1.82, 2.24) is 0 Å². The van der Waals surface area contributed by atoms with Gasteiger partial charge in [0.05, 0.1) is 5.56 Å². The summed E-state index contributed by atoms with van der Waals surface area (Å²) in [4.78, 5) is 0. The van der Waals surface area contributed by atoms with Gasteiger partial charge in [-0.15, -0.1) is 13.2 Å². The van der Waals surface area contributed by atoms with E-state index in [4.69, 9.17) is 0 Å². The topological polar surface area (TPSA) is 9.23 Å². The molecule has 2 aromatic carbocycles. The molecule has 1 nitrogen and oxygen atoms in total. The number of para-hydroxylation sites is 1. The van der Waals surface area contributed by atoms with E-state index in [-0.39, 0.29) is 11.1 Å². The van der Waals surface area contributed by atoms with Crippen LogP contribution in [0.3, 0.4) is 0 Å². The molecule has 0 atom stereocenters. The van der Waals surface area contributed by atoms with E-state index in [0.717, 1.165) is 33.2 Å². The first-order valence-electron chi connectivity index (χ1n) is 6.47. The zero-order valence-electron chi connectivity index (χ0n) is 12.0. The van der Waals surface area contributed by atoms with E-state index >= 15 is 0 Å². The van der Waals surface area contributed by atoms with Crippen LogP contribution >= 0.6 is 30.1 Å². The van der Waals surface area contributed by atoms with Gasteiger partial charge in [0.15, 0.2) is 0 Å². The van der Waals surface area contributed by atoms with Crippen molar-refractivity contribution in [2.75, 3.05) is 0 Å². The first-order valence-corrected chi connectivity index (χ1v) is 9.83. The van der Waals surface area contributed by atoms with Crippen molar-refractivity contribution in [2.45, 2.75) is 12.5 Å². The number of halogens is 7. The summed E-state index contributed by atoms with van der Waals surface area (Å²) in [6, 6.07) is 7.88. The van der Waals surface area contributed by atoms with Crippen LogP contribution in [0.15, 0.2) is 42.5 Å². The molecule has 0 aliphatic heterocycles. The third-order valence-corrected chi connectivity index (χ3v) is 3.80. The Hall–Kier alpha value is -1.54. The molecule has 132 valence electrons. The summed E-state index contributed by atoms with van der Waals surface area (Å²) in [7, 11) is 1.10. The maximum Gasteiger partial charge on any atom is 0.573 e. The third-order valence-electron chi connectivity index (χ3n) is 2.96. The van der Waals surface area contributed by atoms with Crippen molar-refractivity contribution in [3.05, 3.63) is 53.6 Å². The Bertz CT molecular complexity index is 820. The zero-order valence-corrected chi connectivity index (χ0v) is 15.0. The van der Waals surface area contributed by atoms with Crippen molar-refractivity contribution in [3.8, 4) is 28.0 Å². The van der Waals surface area contributed by atoms with Crippen LogP contribution in [0.2, 0.25) is 0 Å². The van der Waals surface area contributed by atoms with Crippen LogP contribution < -0.4 is 4.74 Å². The highest BCUT2D eigenvalue weighted by molar-refractivity contribution is 14.2. The Kier molecular flexibility index (Phi) is 6.16. The molecule has 9 heteroatoms. The van der Waals surface area contributed by atoms with Gasteiger partial charge < -0.3 is 4.74 Å². The molecule has 25 heavy (non-hydrogen) atoms. The Morgan fingerprint density at radius 1 is 0.920 bits per heavy atom. The number of benzene rings is 2. The van der Waals surface area contributed by atoms with Crippen molar-refractivity contribution in [3.63, 3.8) is 0 Å². The van der Waals surface area contributed by atoms with Gasteiger partial charge in [-0.05, 0) is 37.9 Å². The molecule has 0 heterocycles. The monoisotopic (exact) mass is 488 g/mol. The van der Waals surface area contributed by atoms with E-state index in [1.54, 1.807) is 0 Å². The first kappa shape index (κ1) is 19.8. The van der Waals surface area contributed by atoms with Gasteiger partial charge in [0.2, 0.25) is 0 Å². The summed E-state index contributed by atoms with van der Waals surface area (Å²) in [5.74, 6) is 1.83. The molecule has 0 saturated carbocycles. The molecule has 0 bridgehead atoms. The first-order chi connectivity index (χ1) is 11.6. The Labute approximate surface area is 155 Å². The quantitative estimate of drug-likeness (QED) is 0.266. The van der Waals surface area contributed by atoms with Gasteiger partial charge >= 0.3 is 12.5 Å². The van der Waals surface area contributed by atoms with E-state index in [0.29, 0.717) is 0 Å². The molecule has 0 amide bonds. The maximum absolute atomic E-state index is 13.4. The normalized spacial score (nSPS) is 11.6. The average molecular weight is 488 g/mol. The lowest BCUT2D eigenvalue weighted by Crippen LogP contribution is -2.18. The fourth-order valence-corrected chi connectivity index (χ4v) is 2.56. The molecule has 0 fully saturated rings. The average Bonchev–Trinajstić information content (AvgIpc) is 2.51. The number of hydrogen-bond acceptors (Lipinski definition) is 2. The molecule has 0 unspecified atom stereocenters. The molecule has 0 N–H and O–H groups in total.